The highest BCUT2D eigenvalue weighted by Crippen LogP contribution is 1.81. The van der Waals surface area contributed by atoms with Crippen LogP contribution >= 0.6 is 0 Å². The summed E-state index contributed by atoms with van der Waals surface area (Å²) in [4.78, 5) is 19.0. The minimum atomic E-state index is -1.23. The molecule has 1 unspecified atom stereocenters. The normalized spacial score (nSPS) is 10.6. The van der Waals surface area contributed by atoms with Crippen LogP contribution in [0.1, 0.15) is 13.8 Å². The molecule has 0 spiro atoms. The molecule has 0 aliphatic heterocycles. The Kier molecular flexibility index (Phi) is 7.02. The third-order valence-electron chi connectivity index (χ3n) is 0.722. The van der Waals surface area contributed by atoms with Gasteiger partial charge in [-0.3, -0.25) is 0 Å². The molecule has 5 nitrogen and oxygen atoms in total. The summed E-state index contributed by atoms with van der Waals surface area (Å²) < 4.78 is 0. The molecule has 0 aromatic carbocycles. The summed E-state index contributed by atoms with van der Waals surface area (Å²) in [5, 5.41) is 23.7. The fraction of sp³-hybridized carbons (Fsp3) is 0.429. The summed E-state index contributed by atoms with van der Waals surface area (Å²) in [6.45, 7) is 5.80. The first kappa shape index (κ1) is 13.2. The number of carbonyl (C=O) groups is 2. The van der Waals surface area contributed by atoms with E-state index in [0.717, 1.165) is 0 Å². The Balaban J connectivity index is 0. The van der Waals surface area contributed by atoms with Gasteiger partial charge in [-0.2, -0.15) is 0 Å². The largest absolute Gasteiger partial charge is 0.479 e. The lowest BCUT2D eigenvalue weighted by atomic mass is 10.4. The second kappa shape index (κ2) is 6.36. The van der Waals surface area contributed by atoms with Crippen LogP contribution in [-0.2, 0) is 9.59 Å². The SMILES string of the molecule is C=C(C)C(=O)O.CC(O)C(=O)O. The Hall–Kier alpha value is -1.36. The molecule has 0 aromatic heterocycles. The van der Waals surface area contributed by atoms with Crippen molar-refractivity contribution in [2.45, 2.75) is 20.0 Å². The third kappa shape index (κ3) is 11.4. The highest BCUT2D eigenvalue weighted by Gasteiger charge is 2.01. The maximum Gasteiger partial charge on any atom is 0.332 e. The van der Waals surface area contributed by atoms with Crippen LogP contribution in [0.3, 0.4) is 0 Å². The van der Waals surface area contributed by atoms with Gasteiger partial charge in [0.2, 0.25) is 0 Å². The average Bonchev–Trinajstić information content (AvgIpc) is 1.88. The second-order valence-electron chi connectivity index (χ2n) is 2.10. The van der Waals surface area contributed by atoms with E-state index in [1.165, 1.54) is 13.8 Å². The van der Waals surface area contributed by atoms with Gasteiger partial charge in [-0.1, -0.05) is 6.58 Å². The van der Waals surface area contributed by atoms with E-state index >= 15 is 0 Å². The van der Waals surface area contributed by atoms with Crippen molar-refractivity contribution in [1.82, 2.24) is 0 Å². The van der Waals surface area contributed by atoms with Gasteiger partial charge in [-0.15, -0.1) is 0 Å². The van der Waals surface area contributed by atoms with E-state index in [4.69, 9.17) is 15.3 Å². The van der Waals surface area contributed by atoms with Crippen molar-refractivity contribution in [1.29, 1.82) is 0 Å². The molecule has 0 aliphatic rings. The molecule has 0 saturated carbocycles. The smallest absolute Gasteiger partial charge is 0.332 e. The van der Waals surface area contributed by atoms with Crippen molar-refractivity contribution in [2.24, 2.45) is 0 Å². The Bertz CT molecular complexity index is 170. The Morgan fingerprint density at radius 1 is 1.33 bits per heavy atom. The van der Waals surface area contributed by atoms with Gasteiger partial charge in [-0.25, -0.2) is 9.59 Å². The molecular weight excluding hydrogens is 164 g/mol. The Labute approximate surface area is 70.0 Å². The highest BCUT2D eigenvalue weighted by atomic mass is 16.4. The van der Waals surface area contributed by atoms with Crippen LogP contribution in [0.5, 0.6) is 0 Å². The summed E-state index contributed by atoms with van der Waals surface area (Å²) in [6.07, 6.45) is -1.23. The van der Waals surface area contributed by atoms with Gasteiger partial charge in [0.1, 0.15) is 6.10 Å². The molecule has 0 radical (unpaired) electrons. The summed E-state index contributed by atoms with van der Waals surface area (Å²) in [5.74, 6) is -2.12. The molecule has 0 heterocycles. The van der Waals surface area contributed by atoms with Gasteiger partial charge in [-0.05, 0) is 13.8 Å². The first-order valence-electron chi connectivity index (χ1n) is 3.08. The molecular formula is C7H12O5. The lowest BCUT2D eigenvalue weighted by molar-refractivity contribution is -0.145. The Morgan fingerprint density at radius 3 is 1.50 bits per heavy atom. The quantitative estimate of drug-likeness (QED) is 0.518. The zero-order valence-corrected chi connectivity index (χ0v) is 6.94. The standard InChI is InChI=1S/C4H6O2.C3H6O3/c1-3(2)4(5)6;1-2(4)3(5)6/h1H2,2H3,(H,5,6);2,4H,1H3,(H,5,6). The fourth-order valence-corrected chi connectivity index (χ4v) is 0. The summed E-state index contributed by atoms with van der Waals surface area (Å²) >= 11 is 0. The van der Waals surface area contributed by atoms with Crippen molar-refractivity contribution < 1.29 is 24.9 Å². The lowest BCUT2D eigenvalue weighted by Gasteiger charge is -1.89. The number of hydrogen-bond acceptors (Lipinski definition) is 3. The van der Waals surface area contributed by atoms with Gasteiger partial charge in [0.05, 0.1) is 0 Å². The topological polar surface area (TPSA) is 94.8 Å². The summed E-state index contributed by atoms with van der Waals surface area (Å²) in [5.41, 5.74) is 0.176. The molecule has 0 fully saturated rings. The molecule has 3 N–H and O–H groups in total. The van der Waals surface area contributed by atoms with Gasteiger partial charge in [0.25, 0.3) is 0 Å². The molecule has 0 aliphatic carbocycles. The average molecular weight is 176 g/mol. The molecule has 12 heavy (non-hydrogen) atoms. The zero-order valence-electron chi connectivity index (χ0n) is 6.94. The van der Waals surface area contributed by atoms with E-state index < -0.39 is 18.0 Å². The molecule has 5 heteroatoms. The minimum absolute atomic E-state index is 0.176. The van der Waals surface area contributed by atoms with E-state index in [0.29, 0.717) is 0 Å². The van der Waals surface area contributed by atoms with Crippen LogP contribution in [0.4, 0.5) is 0 Å². The fourth-order valence-electron chi connectivity index (χ4n) is 0. The Morgan fingerprint density at radius 2 is 1.50 bits per heavy atom. The van der Waals surface area contributed by atoms with Gasteiger partial charge in [0.15, 0.2) is 0 Å². The van der Waals surface area contributed by atoms with Crippen molar-refractivity contribution >= 4 is 11.9 Å². The van der Waals surface area contributed by atoms with Crippen LogP contribution in [0, 0.1) is 0 Å². The lowest BCUT2D eigenvalue weighted by Crippen LogP contribution is -2.13. The number of rotatable bonds is 2. The molecule has 0 saturated heterocycles. The first-order chi connectivity index (χ1) is 5.29. The second-order valence-corrected chi connectivity index (χ2v) is 2.10. The molecule has 0 bridgehead atoms. The minimum Gasteiger partial charge on any atom is -0.479 e. The van der Waals surface area contributed by atoms with Crippen molar-refractivity contribution in [3.05, 3.63) is 12.2 Å². The number of aliphatic hydroxyl groups is 1. The number of carboxylic acids is 2. The van der Waals surface area contributed by atoms with Gasteiger partial charge in [0, 0.05) is 5.57 Å². The highest BCUT2D eigenvalue weighted by molar-refractivity contribution is 5.84. The number of carboxylic acid groups (broad SMARTS) is 2. The van der Waals surface area contributed by atoms with E-state index in [2.05, 4.69) is 6.58 Å². The molecule has 0 amide bonds. The van der Waals surface area contributed by atoms with E-state index in [1.807, 2.05) is 0 Å². The number of aliphatic hydroxyl groups excluding tert-OH is 1. The maximum absolute atomic E-state index is 9.60. The van der Waals surface area contributed by atoms with Crippen molar-refractivity contribution in [3.63, 3.8) is 0 Å². The van der Waals surface area contributed by atoms with E-state index in [-0.39, 0.29) is 5.57 Å². The van der Waals surface area contributed by atoms with Gasteiger partial charge >= 0.3 is 11.9 Å². The number of hydrogen-bond donors (Lipinski definition) is 3. The predicted octanol–water partition coefficient (Wildman–Crippen LogP) is 0.0989. The number of aliphatic carboxylic acids is 2. The van der Waals surface area contributed by atoms with Crippen LogP contribution in [-0.4, -0.2) is 33.4 Å². The van der Waals surface area contributed by atoms with E-state index in [1.54, 1.807) is 0 Å². The van der Waals surface area contributed by atoms with Crippen molar-refractivity contribution in [2.75, 3.05) is 0 Å². The zero-order chi connectivity index (χ0) is 10.3. The summed E-state index contributed by atoms with van der Waals surface area (Å²) in [6, 6.07) is 0. The van der Waals surface area contributed by atoms with Crippen LogP contribution in [0.2, 0.25) is 0 Å². The molecule has 0 aromatic rings. The summed E-state index contributed by atoms with van der Waals surface area (Å²) in [7, 11) is 0. The van der Waals surface area contributed by atoms with Crippen molar-refractivity contribution in [3.8, 4) is 0 Å². The van der Waals surface area contributed by atoms with Crippen LogP contribution in [0.25, 0.3) is 0 Å². The van der Waals surface area contributed by atoms with Gasteiger partial charge < -0.3 is 15.3 Å². The van der Waals surface area contributed by atoms with E-state index in [9.17, 15) is 9.59 Å². The maximum atomic E-state index is 9.60. The molecule has 1 atom stereocenters. The molecule has 0 rings (SSSR count). The monoisotopic (exact) mass is 176 g/mol. The predicted molar refractivity (Wildman–Crippen MR) is 41.8 cm³/mol. The third-order valence-corrected chi connectivity index (χ3v) is 0.722. The van der Waals surface area contributed by atoms with Crippen LogP contribution < -0.4 is 0 Å². The van der Waals surface area contributed by atoms with Crippen LogP contribution in [0.15, 0.2) is 12.2 Å². The first-order valence-corrected chi connectivity index (χ1v) is 3.08. The molecule has 70 valence electrons.